The van der Waals surface area contributed by atoms with Crippen LogP contribution < -0.4 is 4.74 Å². The number of aldehydes is 1. The molecule has 0 aliphatic rings. The molecule has 1 heterocycles. The summed E-state index contributed by atoms with van der Waals surface area (Å²) in [5.74, 6) is -0.390. The average molecular weight is 299 g/mol. The van der Waals surface area contributed by atoms with Crippen LogP contribution in [0, 0.1) is 11.6 Å². The summed E-state index contributed by atoms with van der Waals surface area (Å²) in [6.07, 6.45) is 0.605. The first-order chi connectivity index (χ1) is 10.7. The summed E-state index contributed by atoms with van der Waals surface area (Å²) in [4.78, 5) is 15.0. The molecule has 0 aliphatic heterocycles. The summed E-state index contributed by atoms with van der Waals surface area (Å²) in [7, 11) is 0. The molecule has 110 valence electrons. The van der Waals surface area contributed by atoms with E-state index in [1.54, 1.807) is 12.1 Å². The zero-order chi connectivity index (χ0) is 15.5. The van der Waals surface area contributed by atoms with Gasteiger partial charge in [0.1, 0.15) is 29.7 Å². The predicted octanol–water partition coefficient (Wildman–Crippen LogP) is 3.90. The SMILES string of the molecule is O=Cc1cc(OCc2ccc(F)cc2)c2cc(F)ccc2n1. The first kappa shape index (κ1) is 14.1. The van der Waals surface area contributed by atoms with Crippen LogP contribution in [0.5, 0.6) is 5.75 Å². The number of carbonyl (C=O) groups excluding carboxylic acids is 1. The molecule has 0 amide bonds. The topological polar surface area (TPSA) is 39.2 Å². The minimum Gasteiger partial charge on any atom is -0.488 e. The van der Waals surface area contributed by atoms with Gasteiger partial charge >= 0.3 is 0 Å². The summed E-state index contributed by atoms with van der Waals surface area (Å²) >= 11 is 0. The lowest BCUT2D eigenvalue weighted by Crippen LogP contribution is -1.99. The molecule has 0 N–H and O–H groups in total. The zero-order valence-electron chi connectivity index (χ0n) is 11.4. The van der Waals surface area contributed by atoms with Crippen molar-refractivity contribution in [3.8, 4) is 5.75 Å². The third-order valence-electron chi connectivity index (χ3n) is 3.18. The van der Waals surface area contributed by atoms with Crippen molar-refractivity contribution in [1.29, 1.82) is 0 Å². The summed E-state index contributed by atoms with van der Waals surface area (Å²) in [5.41, 5.74) is 1.43. The molecular weight excluding hydrogens is 288 g/mol. The van der Waals surface area contributed by atoms with Gasteiger partial charge in [0, 0.05) is 11.5 Å². The van der Waals surface area contributed by atoms with E-state index in [1.165, 1.54) is 36.4 Å². The third kappa shape index (κ3) is 2.93. The molecule has 0 fully saturated rings. The number of ether oxygens (including phenoxy) is 1. The monoisotopic (exact) mass is 299 g/mol. The van der Waals surface area contributed by atoms with E-state index in [0.717, 1.165) is 5.56 Å². The molecule has 0 aliphatic carbocycles. The Morgan fingerprint density at radius 1 is 1.00 bits per heavy atom. The minimum absolute atomic E-state index is 0.175. The van der Waals surface area contributed by atoms with E-state index in [4.69, 9.17) is 4.74 Å². The van der Waals surface area contributed by atoms with Crippen molar-refractivity contribution in [3.05, 3.63) is 71.4 Å². The fraction of sp³-hybridized carbons (Fsp3) is 0.0588. The van der Waals surface area contributed by atoms with Crippen molar-refractivity contribution < 1.29 is 18.3 Å². The standard InChI is InChI=1S/C17H11F2NO2/c18-12-3-1-11(2-4-12)10-22-17-8-14(9-21)20-16-6-5-13(19)7-15(16)17/h1-9H,10H2. The highest BCUT2D eigenvalue weighted by Crippen LogP contribution is 2.26. The molecule has 3 rings (SSSR count). The van der Waals surface area contributed by atoms with Gasteiger partial charge in [-0.25, -0.2) is 13.8 Å². The lowest BCUT2D eigenvalue weighted by Gasteiger charge is -2.10. The van der Waals surface area contributed by atoms with Crippen LogP contribution in [0.4, 0.5) is 8.78 Å². The van der Waals surface area contributed by atoms with Crippen molar-refractivity contribution in [2.24, 2.45) is 0 Å². The Kier molecular flexibility index (Phi) is 3.78. The highest BCUT2D eigenvalue weighted by Gasteiger charge is 2.08. The number of pyridine rings is 1. The van der Waals surface area contributed by atoms with Crippen LogP contribution in [0.2, 0.25) is 0 Å². The van der Waals surface area contributed by atoms with Crippen molar-refractivity contribution in [2.45, 2.75) is 6.61 Å². The maximum atomic E-state index is 13.4. The second-order valence-electron chi connectivity index (χ2n) is 4.74. The molecule has 2 aromatic carbocycles. The lowest BCUT2D eigenvalue weighted by molar-refractivity contribution is 0.111. The largest absolute Gasteiger partial charge is 0.488 e. The van der Waals surface area contributed by atoms with Gasteiger partial charge in [-0.3, -0.25) is 4.79 Å². The number of hydrogen-bond acceptors (Lipinski definition) is 3. The van der Waals surface area contributed by atoms with Crippen molar-refractivity contribution in [2.75, 3.05) is 0 Å². The third-order valence-corrected chi connectivity index (χ3v) is 3.18. The van der Waals surface area contributed by atoms with Crippen LogP contribution in [-0.2, 0) is 6.61 Å². The van der Waals surface area contributed by atoms with Gasteiger partial charge in [-0.15, -0.1) is 0 Å². The number of benzene rings is 2. The minimum atomic E-state index is -0.417. The molecule has 0 bridgehead atoms. The van der Waals surface area contributed by atoms with Gasteiger partial charge in [0.2, 0.25) is 0 Å². The lowest BCUT2D eigenvalue weighted by atomic mass is 10.1. The fourth-order valence-electron chi connectivity index (χ4n) is 2.11. The number of rotatable bonds is 4. The maximum absolute atomic E-state index is 13.4. The van der Waals surface area contributed by atoms with Gasteiger partial charge in [0.25, 0.3) is 0 Å². The first-order valence-electron chi connectivity index (χ1n) is 6.58. The van der Waals surface area contributed by atoms with Gasteiger partial charge in [0.05, 0.1) is 5.52 Å². The average Bonchev–Trinajstić information content (AvgIpc) is 2.54. The van der Waals surface area contributed by atoms with Gasteiger partial charge < -0.3 is 4.74 Å². The van der Waals surface area contributed by atoms with E-state index in [-0.39, 0.29) is 18.1 Å². The Labute approximate surface area is 125 Å². The van der Waals surface area contributed by atoms with E-state index in [2.05, 4.69) is 4.98 Å². The van der Waals surface area contributed by atoms with E-state index in [9.17, 15) is 13.6 Å². The van der Waals surface area contributed by atoms with E-state index in [0.29, 0.717) is 22.9 Å². The summed E-state index contributed by atoms with van der Waals surface area (Å²) in [5, 5.41) is 0.479. The van der Waals surface area contributed by atoms with Crippen LogP contribution in [0.15, 0.2) is 48.5 Å². The Balaban J connectivity index is 1.95. The van der Waals surface area contributed by atoms with E-state index >= 15 is 0 Å². The smallest absolute Gasteiger partial charge is 0.168 e. The van der Waals surface area contributed by atoms with Crippen LogP contribution in [0.3, 0.4) is 0 Å². The molecule has 0 saturated heterocycles. The summed E-state index contributed by atoms with van der Waals surface area (Å²) < 4.78 is 31.9. The highest BCUT2D eigenvalue weighted by atomic mass is 19.1. The van der Waals surface area contributed by atoms with Crippen LogP contribution >= 0.6 is 0 Å². The summed E-state index contributed by atoms with van der Waals surface area (Å²) in [6, 6.07) is 11.4. The Hall–Kier alpha value is -2.82. The van der Waals surface area contributed by atoms with Gasteiger partial charge in [-0.05, 0) is 35.9 Å². The molecule has 5 heteroatoms. The summed E-state index contributed by atoms with van der Waals surface area (Å²) in [6.45, 7) is 0.175. The Morgan fingerprint density at radius 3 is 2.45 bits per heavy atom. The normalized spacial score (nSPS) is 10.6. The maximum Gasteiger partial charge on any atom is 0.168 e. The van der Waals surface area contributed by atoms with Crippen LogP contribution in [0.1, 0.15) is 16.1 Å². The molecule has 3 nitrogen and oxygen atoms in total. The molecule has 0 atom stereocenters. The van der Waals surface area contributed by atoms with Crippen LogP contribution in [-0.4, -0.2) is 11.3 Å². The van der Waals surface area contributed by atoms with Crippen molar-refractivity contribution in [1.82, 2.24) is 4.98 Å². The second kappa shape index (κ2) is 5.89. The number of fused-ring (bicyclic) bond motifs is 1. The molecule has 0 radical (unpaired) electrons. The second-order valence-corrected chi connectivity index (χ2v) is 4.74. The first-order valence-corrected chi connectivity index (χ1v) is 6.58. The molecule has 22 heavy (non-hydrogen) atoms. The Bertz CT molecular complexity index is 832. The molecule has 0 saturated carbocycles. The number of hydrogen-bond donors (Lipinski definition) is 0. The van der Waals surface area contributed by atoms with Gasteiger partial charge in [-0.2, -0.15) is 0 Å². The molecule has 3 aromatic rings. The van der Waals surface area contributed by atoms with E-state index < -0.39 is 5.82 Å². The van der Waals surface area contributed by atoms with Gasteiger partial charge in [-0.1, -0.05) is 12.1 Å². The number of halogens is 2. The van der Waals surface area contributed by atoms with Crippen molar-refractivity contribution in [3.63, 3.8) is 0 Å². The molecular formula is C17H11F2NO2. The predicted molar refractivity (Wildman–Crippen MR) is 77.8 cm³/mol. The highest BCUT2D eigenvalue weighted by molar-refractivity contribution is 5.89. The quantitative estimate of drug-likeness (QED) is 0.686. The number of nitrogens with zero attached hydrogens (tertiary/aromatic N) is 1. The van der Waals surface area contributed by atoms with Crippen LogP contribution in [0.25, 0.3) is 10.9 Å². The Morgan fingerprint density at radius 2 is 1.73 bits per heavy atom. The fourth-order valence-corrected chi connectivity index (χ4v) is 2.11. The molecule has 1 aromatic heterocycles. The molecule has 0 spiro atoms. The van der Waals surface area contributed by atoms with Gasteiger partial charge in [0.15, 0.2) is 6.29 Å². The number of aromatic nitrogens is 1. The molecule has 0 unspecified atom stereocenters. The van der Waals surface area contributed by atoms with Crippen molar-refractivity contribution >= 4 is 17.2 Å². The van der Waals surface area contributed by atoms with E-state index in [1.807, 2.05) is 0 Å². The number of carbonyl (C=O) groups is 1. The zero-order valence-corrected chi connectivity index (χ0v) is 11.4.